The molecule has 0 aliphatic rings. The van der Waals surface area contributed by atoms with Gasteiger partial charge in [-0.25, -0.2) is 9.98 Å². The predicted octanol–water partition coefficient (Wildman–Crippen LogP) is 5.14. The van der Waals surface area contributed by atoms with E-state index < -0.39 is 4.92 Å². The standard InChI is InChI=1S/C29H24N6O3/c1-33-16-13-24(14-17-33)30-21-7-9-23(10-8-21)32-29(36)20-3-5-22(6-4-20)31-27-15-18-34(2)28-12-11-25(35(37)38)19-26(27)28/h3-19H,1-2H3,(H,32,36). The maximum Gasteiger partial charge on any atom is 0.270 e. The van der Waals surface area contributed by atoms with E-state index in [-0.39, 0.29) is 11.6 Å². The number of aryl methyl sites for hydroxylation is 2. The van der Waals surface area contributed by atoms with E-state index in [0.29, 0.717) is 27.7 Å². The molecule has 0 spiro atoms. The first-order chi connectivity index (χ1) is 18.4. The molecule has 5 aromatic rings. The molecule has 188 valence electrons. The molecule has 3 aromatic carbocycles. The minimum absolute atomic E-state index is 0.00289. The van der Waals surface area contributed by atoms with Crippen LogP contribution < -0.4 is 16.0 Å². The van der Waals surface area contributed by atoms with Crippen LogP contribution in [0.25, 0.3) is 10.9 Å². The number of non-ortho nitro benzene ring substituents is 1. The minimum Gasteiger partial charge on any atom is -0.357 e. The fraction of sp³-hybridized carbons (Fsp3) is 0.0690. The van der Waals surface area contributed by atoms with E-state index in [2.05, 4.69) is 15.3 Å². The Morgan fingerprint density at radius 1 is 0.816 bits per heavy atom. The summed E-state index contributed by atoms with van der Waals surface area (Å²) >= 11 is 0. The van der Waals surface area contributed by atoms with Crippen molar-refractivity contribution in [3.05, 3.63) is 130 Å². The van der Waals surface area contributed by atoms with Gasteiger partial charge in [0.1, 0.15) is 0 Å². The number of anilines is 1. The van der Waals surface area contributed by atoms with Gasteiger partial charge < -0.3 is 14.5 Å². The van der Waals surface area contributed by atoms with Gasteiger partial charge in [0.2, 0.25) is 0 Å². The lowest BCUT2D eigenvalue weighted by Crippen LogP contribution is -2.11. The van der Waals surface area contributed by atoms with E-state index in [1.165, 1.54) is 12.1 Å². The number of nitrogens with one attached hydrogen (secondary N) is 1. The zero-order valence-corrected chi connectivity index (χ0v) is 20.8. The molecule has 2 heterocycles. The molecule has 0 fully saturated rings. The lowest BCUT2D eigenvalue weighted by atomic mass is 10.1. The summed E-state index contributed by atoms with van der Waals surface area (Å²) in [5.41, 5.74) is 3.38. The van der Waals surface area contributed by atoms with Crippen LogP contribution in [0.5, 0.6) is 0 Å². The van der Waals surface area contributed by atoms with Crippen molar-refractivity contribution in [2.24, 2.45) is 24.1 Å². The average Bonchev–Trinajstić information content (AvgIpc) is 2.93. The summed E-state index contributed by atoms with van der Waals surface area (Å²) in [6.45, 7) is 0. The zero-order valence-electron chi connectivity index (χ0n) is 20.8. The van der Waals surface area contributed by atoms with Crippen molar-refractivity contribution in [1.29, 1.82) is 0 Å². The van der Waals surface area contributed by atoms with Crippen LogP contribution in [0.1, 0.15) is 10.4 Å². The summed E-state index contributed by atoms with van der Waals surface area (Å²) in [6.07, 6.45) is 5.72. The average molecular weight is 505 g/mol. The van der Waals surface area contributed by atoms with Crippen LogP contribution in [-0.4, -0.2) is 20.0 Å². The lowest BCUT2D eigenvalue weighted by molar-refractivity contribution is -0.384. The van der Waals surface area contributed by atoms with Gasteiger partial charge in [-0.3, -0.25) is 14.9 Å². The Morgan fingerprint density at radius 2 is 1.47 bits per heavy atom. The number of aromatic nitrogens is 2. The van der Waals surface area contributed by atoms with Crippen LogP contribution in [0.15, 0.2) is 114 Å². The molecular weight excluding hydrogens is 480 g/mol. The first-order valence-electron chi connectivity index (χ1n) is 11.8. The molecule has 0 unspecified atom stereocenters. The van der Waals surface area contributed by atoms with Gasteiger partial charge in [-0.05, 0) is 72.8 Å². The number of nitro groups is 1. The lowest BCUT2D eigenvalue weighted by Gasteiger charge is -2.07. The second-order valence-electron chi connectivity index (χ2n) is 8.76. The Balaban J connectivity index is 1.34. The van der Waals surface area contributed by atoms with Gasteiger partial charge in [-0.15, -0.1) is 0 Å². The number of pyridine rings is 2. The van der Waals surface area contributed by atoms with Gasteiger partial charge in [0.15, 0.2) is 0 Å². The van der Waals surface area contributed by atoms with Gasteiger partial charge in [0.25, 0.3) is 11.6 Å². The maximum atomic E-state index is 12.8. The summed E-state index contributed by atoms with van der Waals surface area (Å²) in [5, 5.41) is 16.3. The number of nitrogens with zero attached hydrogens (tertiary/aromatic N) is 5. The molecule has 2 aromatic heterocycles. The van der Waals surface area contributed by atoms with Crippen LogP contribution in [0.3, 0.4) is 0 Å². The van der Waals surface area contributed by atoms with Gasteiger partial charge in [-0.2, -0.15) is 0 Å². The number of carbonyl (C=O) groups excluding carboxylic acids is 1. The van der Waals surface area contributed by atoms with Crippen LogP contribution in [-0.2, 0) is 14.1 Å². The minimum atomic E-state index is -0.421. The van der Waals surface area contributed by atoms with E-state index in [1.807, 2.05) is 78.2 Å². The van der Waals surface area contributed by atoms with Crippen molar-refractivity contribution in [3.63, 3.8) is 0 Å². The molecule has 0 aliphatic carbocycles. The molecule has 0 aliphatic heterocycles. The van der Waals surface area contributed by atoms with Crippen LogP contribution in [0.2, 0.25) is 0 Å². The second-order valence-corrected chi connectivity index (χ2v) is 8.76. The van der Waals surface area contributed by atoms with Gasteiger partial charge in [0.05, 0.1) is 32.5 Å². The highest BCUT2D eigenvalue weighted by Crippen LogP contribution is 2.20. The summed E-state index contributed by atoms with van der Waals surface area (Å²) in [4.78, 5) is 32.8. The third-order valence-corrected chi connectivity index (χ3v) is 6.03. The Hall–Kier alpha value is -5.31. The van der Waals surface area contributed by atoms with Crippen molar-refractivity contribution in [3.8, 4) is 0 Å². The highest BCUT2D eigenvalue weighted by atomic mass is 16.6. The molecule has 5 rings (SSSR count). The molecule has 0 radical (unpaired) electrons. The van der Waals surface area contributed by atoms with E-state index in [4.69, 9.17) is 0 Å². The van der Waals surface area contributed by atoms with Crippen molar-refractivity contribution in [1.82, 2.24) is 9.13 Å². The van der Waals surface area contributed by atoms with Gasteiger partial charge >= 0.3 is 0 Å². The number of carbonyl (C=O) groups is 1. The van der Waals surface area contributed by atoms with Crippen molar-refractivity contribution in [2.75, 3.05) is 5.32 Å². The molecule has 1 amide bonds. The fourth-order valence-corrected chi connectivity index (χ4v) is 3.97. The molecule has 38 heavy (non-hydrogen) atoms. The zero-order chi connectivity index (χ0) is 26.6. The van der Waals surface area contributed by atoms with Crippen molar-refractivity contribution in [2.45, 2.75) is 0 Å². The highest BCUT2D eigenvalue weighted by molar-refractivity contribution is 6.04. The SMILES string of the molecule is Cn1ccc(=Nc2ccc(NC(=O)c3ccc(N=c4ccn(C)c5ccc([N+](=O)[O-])cc45)cc3)cc2)cc1. The number of benzene rings is 3. The Bertz CT molecular complexity index is 1780. The first kappa shape index (κ1) is 24.4. The van der Waals surface area contributed by atoms with E-state index in [9.17, 15) is 14.9 Å². The van der Waals surface area contributed by atoms with E-state index in [1.54, 1.807) is 36.4 Å². The normalized spacial score (nSPS) is 11.4. The van der Waals surface area contributed by atoms with Crippen molar-refractivity contribution < 1.29 is 9.72 Å². The Kier molecular flexibility index (Phi) is 6.65. The third-order valence-electron chi connectivity index (χ3n) is 6.03. The molecule has 9 nitrogen and oxygen atoms in total. The number of nitro benzene ring substituents is 1. The number of rotatable bonds is 5. The Labute approximate surface area is 217 Å². The fourth-order valence-electron chi connectivity index (χ4n) is 3.97. The van der Waals surface area contributed by atoms with Gasteiger partial charge in [0, 0.05) is 61.5 Å². The predicted molar refractivity (Wildman–Crippen MR) is 146 cm³/mol. The number of hydrogen-bond acceptors (Lipinski definition) is 5. The van der Waals surface area contributed by atoms with Crippen LogP contribution in [0.4, 0.5) is 22.7 Å². The summed E-state index contributed by atoms with van der Waals surface area (Å²) < 4.78 is 3.82. The van der Waals surface area contributed by atoms with Crippen LogP contribution >= 0.6 is 0 Å². The van der Waals surface area contributed by atoms with Gasteiger partial charge in [-0.1, -0.05) is 0 Å². The molecule has 0 saturated carbocycles. The maximum absolute atomic E-state index is 12.8. The number of fused-ring (bicyclic) bond motifs is 1. The topological polar surface area (TPSA) is 107 Å². The molecule has 0 saturated heterocycles. The highest BCUT2D eigenvalue weighted by Gasteiger charge is 2.09. The number of amides is 1. The molecule has 0 atom stereocenters. The first-order valence-corrected chi connectivity index (χ1v) is 11.8. The monoisotopic (exact) mass is 504 g/mol. The molecule has 0 bridgehead atoms. The summed E-state index contributed by atoms with van der Waals surface area (Å²) in [5.74, 6) is -0.246. The van der Waals surface area contributed by atoms with E-state index >= 15 is 0 Å². The molecule has 9 heteroatoms. The largest absolute Gasteiger partial charge is 0.357 e. The Morgan fingerprint density at radius 3 is 2.16 bits per heavy atom. The summed E-state index contributed by atoms with van der Waals surface area (Å²) in [6, 6.07) is 24.6. The summed E-state index contributed by atoms with van der Waals surface area (Å²) in [7, 11) is 3.82. The number of hydrogen-bond donors (Lipinski definition) is 1. The van der Waals surface area contributed by atoms with Crippen molar-refractivity contribution >= 4 is 39.6 Å². The smallest absolute Gasteiger partial charge is 0.270 e. The third kappa shape index (κ3) is 5.41. The molecular formula is C29H24N6O3. The quantitative estimate of drug-likeness (QED) is 0.264. The second kappa shape index (κ2) is 10.4. The molecule has 1 N–H and O–H groups in total. The van der Waals surface area contributed by atoms with Crippen LogP contribution in [0, 0.1) is 10.1 Å². The van der Waals surface area contributed by atoms with E-state index in [0.717, 1.165) is 16.6 Å².